The van der Waals surface area contributed by atoms with Crippen LogP contribution in [0.5, 0.6) is 0 Å². The van der Waals surface area contributed by atoms with E-state index in [1.807, 2.05) is 0 Å². The zero-order valence-corrected chi connectivity index (χ0v) is 18.2. The summed E-state index contributed by atoms with van der Waals surface area (Å²) in [6.45, 7) is 11.2. The molecule has 0 amide bonds. The number of fused-ring (bicyclic) bond motifs is 2. The van der Waals surface area contributed by atoms with Crippen molar-refractivity contribution >= 4 is 44.5 Å². The van der Waals surface area contributed by atoms with Gasteiger partial charge < -0.3 is 0 Å². The van der Waals surface area contributed by atoms with Gasteiger partial charge in [-0.05, 0) is 91.9 Å². The molecular formula is C26H23I. The van der Waals surface area contributed by atoms with Crippen molar-refractivity contribution in [2.24, 2.45) is 0 Å². The Kier molecular flexibility index (Phi) is 4.59. The number of benzene rings is 3. The molecule has 0 N–H and O–H groups in total. The van der Waals surface area contributed by atoms with E-state index < -0.39 is 0 Å². The predicted octanol–water partition coefficient (Wildman–Crippen LogP) is 7.78. The first kappa shape index (κ1) is 18.2. The van der Waals surface area contributed by atoms with Gasteiger partial charge in [0.05, 0.1) is 0 Å². The van der Waals surface area contributed by atoms with E-state index in [0.717, 1.165) is 5.57 Å². The molecular weight excluding hydrogens is 439 g/mol. The highest BCUT2D eigenvalue weighted by atomic mass is 127. The zero-order chi connectivity index (χ0) is 19.2. The van der Waals surface area contributed by atoms with E-state index in [9.17, 15) is 0 Å². The van der Waals surface area contributed by atoms with Crippen LogP contribution in [0.4, 0.5) is 0 Å². The summed E-state index contributed by atoms with van der Waals surface area (Å²) in [4.78, 5) is 0. The average molecular weight is 462 g/mol. The molecule has 3 aromatic carbocycles. The summed E-state index contributed by atoms with van der Waals surface area (Å²) in [5.74, 6) is 0. The lowest BCUT2D eigenvalue weighted by molar-refractivity contribution is 0.661. The van der Waals surface area contributed by atoms with Crippen LogP contribution in [-0.2, 0) is 5.41 Å². The molecule has 0 nitrogen and oxygen atoms in total. The van der Waals surface area contributed by atoms with Crippen molar-refractivity contribution in [3.05, 3.63) is 105 Å². The second-order valence-corrected chi connectivity index (χ2v) is 8.91. The van der Waals surface area contributed by atoms with E-state index in [-0.39, 0.29) is 5.41 Å². The van der Waals surface area contributed by atoms with Crippen LogP contribution in [-0.4, -0.2) is 0 Å². The first-order chi connectivity index (χ1) is 12.9. The third kappa shape index (κ3) is 3.08. The highest BCUT2D eigenvalue weighted by molar-refractivity contribution is 14.1. The van der Waals surface area contributed by atoms with E-state index in [2.05, 4.69) is 123 Å². The number of hydrogen-bond acceptors (Lipinski definition) is 0. The van der Waals surface area contributed by atoms with Gasteiger partial charge in [0.1, 0.15) is 0 Å². The van der Waals surface area contributed by atoms with Crippen LogP contribution in [0.2, 0.25) is 0 Å². The molecule has 134 valence electrons. The summed E-state index contributed by atoms with van der Waals surface area (Å²) < 4.78 is 1.26. The Labute approximate surface area is 175 Å². The largest absolute Gasteiger partial charge is 0.0911 e. The molecule has 1 heteroatoms. The first-order valence-corrected chi connectivity index (χ1v) is 10.4. The Morgan fingerprint density at radius 3 is 2.44 bits per heavy atom. The third-order valence-corrected chi connectivity index (χ3v) is 6.31. The fourth-order valence-electron chi connectivity index (χ4n) is 4.13. The molecule has 0 aliphatic heterocycles. The van der Waals surface area contributed by atoms with Crippen LogP contribution in [0.1, 0.15) is 37.5 Å². The van der Waals surface area contributed by atoms with E-state index in [1.54, 1.807) is 0 Å². The third-order valence-electron chi connectivity index (χ3n) is 5.63. The minimum absolute atomic E-state index is 0.0195. The van der Waals surface area contributed by atoms with Crippen LogP contribution in [0, 0.1) is 3.57 Å². The SMILES string of the molecule is C=C(C=C1/C(=C\C)c2ccccc2C1(C)C)c1ccc2cc(I)ccc2c1. The number of hydrogen-bond donors (Lipinski definition) is 0. The smallest absolute Gasteiger partial charge is 0.0158 e. The molecule has 27 heavy (non-hydrogen) atoms. The van der Waals surface area contributed by atoms with Gasteiger partial charge in [-0.1, -0.05) is 75.0 Å². The Balaban J connectivity index is 1.79. The van der Waals surface area contributed by atoms with Crippen molar-refractivity contribution in [2.45, 2.75) is 26.2 Å². The molecule has 4 rings (SSSR count). The molecule has 1 aliphatic carbocycles. The summed E-state index contributed by atoms with van der Waals surface area (Å²) in [6, 6.07) is 21.9. The van der Waals surface area contributed by atoms with Gasteiger partial charge in [0, 0.05) is 8.99 Å². The lowest BCUT2D eigenvalue weighted by Crippen LogP contribution is -2.15. The Hall–Kier alpha value is -2.13. The van der Waals surface area contributed by atoms with E-state index in [1.165, 1.54) is 42.2 Å². The Morgan fingerprint density at radius 2 is 1.67 bits per heavy atom. The molecule has 0 bridgehead atoms. The molecule has 0 atom stereocenters. The summed E-state index contributed by atoms with van der Waals surface area (Å²) >= 11 is 2.36. The van der Waals surface area contributed by atoms with Gasteiger partial charge in [-0.15, -0.1) is 0 Å². The number of allylic oxidation sites excluding steroid dienone is 5. The summed E-state index contributed by atoms with van der Waals surface area (Å²) in [7, 11) is 0. The summed E-state index contributed by atoms with van der Waals surface area (Å²) in [6.07, 6.45) is 4.51. The number of rotatable bonds is 2. The zero-order valence-electron chi connectivity index (χ0n) is 16.0. The second kappa shape index (κ2) is 6.79. The van der Waals surface area contributed by atoms with E-state index in [0.29, 0.717) is 0 Å². The number of halogens is 1. The van der Waals surface area contributed by atoms with Crippen LogP contribution >= 0.6 is 22.6 Å². The highest BCUT2D eigenvalue weighted by Crippen LogP contribution is 2.50. The maximum absolute atomic E-state index is 4.40. The van der Waals surface area contributed by atoms with E-state index >= 15 is 0 Å². The van der Waals surface area contributed by atoms with Gasteiger partial charge >= 0.3 is 0 Å². The van der Waals surface area contributed by atoms with Crippen molar-refractivity contribution in [1.82, 2.24) is 0 Å². The van der Waals surface area contributed by atoms with Crippen LogP contribution in [0.3, 0.4) is 0 Å². The van der Waals surface area contributed by atoms with Crippen LogP contribution in [0.15, 0.2) is 85.0 Å². The lowest BCUT2D eigenvalue weighted by atomic mass is 9.81. The highest BCUT2D eigenvalue weighted by Gasteiger charge is 2.37. The summed E-state index contributed by atoms with van der Waals surface area (Å²) in [5, 5.41) is 2.53. The molecule has 0 radical (unpaired) electrons. The van der Waals surface area contributed by atoms with Gasteiger partial charge in [0.2, 0.25) is 0 Å². The van der Waals surface area contributed by atoms with E-state index in [4.69, 9.17) is 0 Å². The van der Waals surface area contributed by atoms with Gasteiger partial charge in [-0.2, -0.15) is 0 Å². The van der Waals surface area contributed by atoms with Crippen molar-refractivity contribution in [2.75, 3.05) is 0 Å². The van der Waals surface area contributed by atoms with Crippen molar-refractivity contribution in [1.29, 1.82) is 0 Å². The maximum atomic E-state index is 4.40. The first-order valence-electron chi connectivity index (χ1n) is 9.29. The fourth-order valence-corrected chi connectivity index (χ4v) is 4.65. The van der Waals surface area contributed by atoms with Gasteiger partial charge in [0.15, 0.2) is 0 Å². The Morgan fingerprint density at radius 1 is 0.963 bits per heavy atom. The fraction of sp³-hybridized carbons (Fsp3) is 0.154. The molecule has 0 heterocycles. The minimum Gasteiger partial charge on any atom is -0.0911 e. The summed E-state index contributed by atoms with van der Waals surface area (Å²) in [5.41, 5.74) is 7.63. The molecule has 0 spiro atoms. The normalized spacial score (nSPS) is 18.2. The molecule has 0 saturated carbocycles. The van der Waals surface area contributed by atoms with Crippen molar-refractivity contribution in [3.8, 4) is 0 Å². The standard InChI is InChI=1S/C26H23I/c1-5-22-23-8-6-7-9-24(23)26(3,4)25(22)14-17(2)18-10-11-20-16-21(27)13-12-19(20)15-18/h5-16H,2H2,1,3-4H3/b22-5-,25-14?. The monoisotopic (exact) mass is 462 g/mol. The Bertz CT molecular complexity index is 1130. The molecule has 0 unspecified atom stereocenters. The van der Waals surface area contributed by atoms with Crippen molar-refractivity contribution in [3.63, 3.8) is 0 Å². The quantitative estimate of drug-likeness (QED) is 0.341. The second-order valence-electron chi connectivity index (χ2n) is 7.66. The molecule has 3 aromatic rings. The van der Waals surface area contributed by atoms with Gasteiger partial charge in [-0.3, -0.25) is 0 Å². The predicted molar refractivity (Wildman–Crippen MR) is 127 cm³/mol. The maximum Gasteiger partial charge on any atom is 0.0158 e. The molecule has 0 fully saturated rings. The lowest BCUT2D eigenvalue weighted by Gasteiger charge is -2.22. The molecule has 0 saturated heterocycles. The average Bonchev–Trinajstić information content (AvgIpc) is 2.88. The molecule has 0 aromatic heterocycles. The topological polar surface area (TPSA) is 0 Å². The minimum atomic E-state index is -0.0195. The van der Waals surface area contributed by atoms with Crippen LogP contribution in [0.25, 0.3) is 21.9 Å². The van der Waals surface area contributed by atoms with Gasteiger partial charge in [0.25, 0.3) is 0 Å². The van der Waals surface area contributed by atoms with Gasteiger partial charge in [-0.25, -0.2) is 0 Å². The van der Waals surface area contributed by atoms with Crippen LogP contribution < -0.4 is 0 Å². The molecule has 1 aliphatic rings. The van der Waals surface area contributed by atoms with Crippen molar-refractivity contribution < 1.29 is 0 Å².